The lowest BCUT2D eigenvalue weighted by atomic mass is 9.77. The van der Waals surface area contributed by atoms with Gasteiger partial charge in [-0.1, -0.05) is 37.3 Å². The Kier molecular flexibility index (Phi) is 4.04. The van der Waals surface area contributed by atoms with Gasteiger partial charge in [-0.2, -0.15) is 5.10 Å². The number of methoxy groups -OCH3 is 1. The summed E-state index contributed by atoms with van der Waals surface area (Å²) in [4.78, 5) is 12.6. The molecule has 2 aromatic rings. The highest BCUT2D eigenvalue weighted by Gasteiger charge is 2.43. The molecule has 1 aliphatic carbocycles. The standard InChI is InChI=1S/C21H22N2O2/c1-3-19(24)23-21(14-7-5-4-6-8-14)18-11-9-15-13-16(25-2)10-12-17(15)20(18)22-23/h4-8,10,12-13,18,21H,3,9,11H2,1-2H3. The van der Waals surface area contributed by atoms with Crippen LogP contribution < -0.4 is 4.74 Å². The quantitative estimate of drug-likeness (QED) is 0.853. The largest absolute Gasteiger partial charge is 0.497 e. The Balaban J connectivity index is 1.79. The second-order valence-corrected chi connectivity index (χ2v) is 6.60. The molecule has 0 N–H and O–H groups in total. The zero-order chi connectivity index (χ0) is 17.4. The number of rotatable bonds is 3. The van der Waals surface area contributed by atoms with Gasteiger partial charge in [0.1, 0.15) is 5.75 Å². The Bertz CT molecular complexity index is 829. The van der Waals surface area contributed by atoms with Gasteiger partial charge in [0.2, 0.25) is 5.91 Å². The van der Waals surface area contributed by atoms with Gasteiger partial charge in [0.25, 0.3) is 0 Å². The first-order chi connectivity index (χ1) is 12.2. The molecular formula is C21H22N2O2. The molecule has 1 amide bonds. The summed E-state index contributed by atoms with van der Waals surface area (Å²) < 4.78 is 5.35. The molecule has 25 heavy (non-hydrogen) atoms. The summed E-state index contributed by atoms with van der Waals surface area (Å²) >= 11 is 0. The average molecular weight is 334 g/mol. The molecule has 4 heteroatoms. The van der Waals surface area contributed by atoms with E-state index in [9.17, 15) is 4.79 Å². The van der Waals surface area contributed by atoms with Gasteiger partial charge in [0.05, 0.1) is 18.9 Å². The third kappa shape index (κ3) is 2.62. The predicted molar refractivity (Wildman–Crippen MR) is 97.7 cm³/mol. The van der Waals surface area contributed by atoms with Gasteiger partial charge in [-0.25, -0.2) is 5.01 Å². The van der Waals surface area contributed by atoms with E-state index >= 15 is 0 Å². The van der Waals surface area contributed by atoms with Crippen LogP contribution in [0, 0.1) is 5.92 Å². The van der Waals surface area contributed by atoms with Crippen LogP contribution >= 0.6 is 0 Å². The molecule has 1 heterocycles. The van der Waals surface area contributed by atoms with E-state index in [-0.39, 0.29) is 17.9 Å². The van der Waals surface area contributed by atoms with Crippen molar-refractivity contribution in [2.75, 3.05) is 7.11 Å². The van der Waals surface area contributed by atoms with Crippen LogP contribution in [0.5, 0.6) is 5.75 Å². The van der Waals surface area contributed by atoms with Crippen LogP contribution in [0.4, 0.5) is 0 Å². The van der Waals surface area contributed by atoms with E-state index in [1.54, 1.807) is 12.1 Å². The maximum Gasteiger partial charge on any atom is 0.242 e. The van der Waals surface area contributed by atoms with Gasteiger partial charge in [-0.05, 0) is 42.2 Å². The molecule has 0 saturated heterocycles. The first-order valence-electron chi connectivity index (χ1n) is 8.85. The van der Waals surface area contributed by atoms with Crippen molar-refractivity contribution < 1.29 is 9.53 Å². The monoisotopic (exact) mass is 334 g/mol. The number of nitrogens with zero attached hydrogens (tertiary/aromatic N) is 2. The summed E-state index contributed by atoms with van der Waals surface area (Å²) in [6, 6.07) is 16.4. The first kappa shape index (κ1) is 15.9. The number of amides is 1. The Labute approximate surface area is 148 Å². The lowest BCUT2D eigenvalue weighted by Gasteiger charge is -2.29. The molecular weight excluding hydrogens is 312 g/mol. The van der Waals surface area contributed by atoms with Crippen LogP contribution in [0.15, 0.2) is 53.6 Å². The average Bonchev–Trinajstić information content (AvgIpc) is 3.07. The molecule has 0 radical (unpaired) electrons. The highest BCUT2D eigenvalue weighted by atomic mass is 16.5. The second kappa shape index (κ2) is 6.36. The van der Waals surface area contributed by atoms with Crippen molar-refractivity contribution in [2.24, 2.45) is 11.0 Å². The van der Waals surface area contributed by atoms with E-state index in [1.807, 2.05) is 31.2 Å². The number of hydrogen-bond acceptors (Lipinski definition) is 3. The third-order valence-corrected chi connectivity index (χ3v) is 5.22. The lowest BCUT2D eigenvalue weighted by Crippen LogP contribution is -2.31. The highest BCUT2D eigenvalue weighted by Crippen LogP contribution is 2.44. The summed E-state index contributed by atoms with van der Waals surface area (Å²) in [5.74, 6) is 1.20. The fourth-order valence-corrected chi connectivity index (χ4v) is 3.98. The van der Waals surface area contributed by atoms with Crippen LogP contribution in [-0.2, 0) is 11.2 Å². The van der Waals surface area contributed by atoms with Gasteiger partial charge in [0, 0.05) is 17.9 Å². The molecule has 4 nitrogen and oxygen atoms in total. The van der Waals surface area contributed by atoms with Gasteiger partial charge in [-0.3, -0.25) is 4.79 Å². The molecule has 128 valence electrons. The normalized spacial score (nSPS) is 21.4. The Hall–Kier alpha value is -2.62. The van der Waals surface area contributed by atoms with Gasteiger partial charge < -0.3 is 4.74 Å². The summed E-state index contributed by atoms with van der Waals surface area (Å²) in [5.41, 5.74) is 4.61. The number of ether oxygens (including phenoxy) is 1. The molecule has 2 atom stereocenters. The molecule has 0 saturated carbocycles. The summed E-state index contributed by atoms with van der Waals surface area (Å²) in [5, 5.41) is 6.51. The van der Waals surface area contributed by atoms with Crippen molar-refractivity contribution in [2.45, 2.75) is 32.2 Å². The van der Waals surface area contributed by atoms with E-state index in [1.165, 1.54) is 5.56 Å². The van der Waals surface area contributed by atoms with E-state index in [0.29, 0.717) is 6.42 Å². The van der Waals surface area contributed by atoms with Crippen LogP contribution in [0.25, 0.3) is 0 Å². The zero-order valence-electron chi connectivity index (χ0n) is 14.6. The second-order valence-electron chi connectivity index (χ2n) is 6.60. The molecule has 1 aliphatic heterocycles. The molecule has 0 spiro atoms. The van der Waals surface area contributed by atoms with Crippen molar-refractivity contribution in [3.8, 4) is 5.75 Å². The van der Waals surface area contributed by atoms with Crippen LogP contribution in [0.3, 0.4) is 0 Å². The number of hydrazone groups is 1. The van der Waals surface area contributed by atoms with Crippen molar-refractivity contribution in [1.29, 1.82) is 0 Å². The summed E-state index contributed by atoms with van der Waals surface area (Å²) in [7, 11) is 1.69. The maximum absolute atomic E-state index is 12.6. The number of aryl methyl sites for hydroxylation is 1. The van der Waals surface area contributed by atoms with E-state index in [2.05, 4.69) is 24.3 Å². The van der Waals surface area contributed by atoms with E-state index in [4.69, 9.17) is 9.84 Å². The predicted octanol–water partition coefficient (Wildman–Crippen LogP) is 3.96. The summed E-state index contributed by atoms with van der Waals surface area (Å²) in [6.45, 7) is 1.89. The number of hydrogen-bond donors (Lipinski definition) is 0. The van der Waals surface area contributed by atoms with Crippen LogP contribution in [0.2, 0.25) is 0 Å². The number of benzene rings is 2. The van der Waals surface area contributed by atoms with Crippen molar-refractivity contribution >= 4 is 11.6 Å². The maximum atomic E-state index is 12.6. The smallest absolute Gasteiger partial charge is 0.242 e. The molecule has 2 aromatic carbocycles. The molecule has 2 unspecified atom stereocenters. The van der Waals surface area contributed by atoms with Crippen molar-refractivity contribution in [1.82, 2.24) is 5.01 Å². The third-order valence-electron chi connectivity index (χ3n) is 5.22. The zero-order valence-corrected chi connectivity index (χ0v) is 14.6. The summed E-state index contributed by atoms with van der Waals surface area (Å²) in [6.07, 6.45) is 2.43. The molecule has 0 bridgehead atoms. The molecule has 2 aliphatic rings. The minimum absolute atomic E-state index is 0.00102. The van der Waals surface area contributed by atoms with Crippen molar-refractivity contribution in [3.05, 3.63) is 65.2 Å². The Morgan fingerprint density at radius 3 is 2.76 bits per heavy atom. The SMILES string of the molecule is CCC(=O)N1N=C2c3ccc(OC)cc3CCC2C1c1ccccc1. The van der Waals surface area contributed by atoms with Crippen LogP contribution in [-0.4, -0.2) is 23.7 Å². The van der Waals surface area contributed by atoms with Crippen LogP contribution in [0.1, 0.15) is 42.5 Å². The first-order valence-corrected chi connectivity index (χ1v) is 8.85. The minimum atomic E-state index is -0.00102. The topological polar surface area (TPSA) is 41.9 Å². The Morgan fingerprint density at radius 1 is 1.24 bits per heavy atom. The van der Waals surface area contributed by atoms with E-state index < -0.39 is 0 Å². The fraction of sp³-hybridized carbons (Fsp3) is 0.333. The number of carbonyl (C=O) groups excluding carboxylic acids is 1. The molecule has 4 rings (SSSR count). The number of fused-ring (bicyclic) bond motifs is 3. The molecule has 0 aromatic heterocycles. The number of carbonyl (C=O) groups is 1. The van der Waals surface area contributed by atoms with Gasteiger partial charge >= 0.3 is 0 Å². The van der Waals surface area contributed by atoms with Gasteiger partial charge in [0.15, 0.2) is 0 Å². The van der Waals surface area contributed by atoms with E-state index in [0.717, 1.165) is 35.4 Å². The molecule has 0 fully saturated rings. The van der Waals surface area contributed by atoms with Gasteiger partial charge in [-0.15, -0.1) is 0 Å². The van der Waals surface area contributed by atoms with Crippen molar-refractivity contribution in [3.63, 3.8) is 0 Å². The fourth-order valence-electron chi connectivity index (χ4n) is 3.98. The minimum Gasteiger partial charge on any atom is -0.497 e. The lowest BCUT2D eigenvalue weighted by molar-refractivity contribution is -0.133. The Morgan fingerprint density at radius 2 is 2.04 bits per heavy atom. The highest BCUT2D eigenvalue weighted by molar-refractivity contribution is 6.07.